The van der Waals surface area contributed by atoms with Crippen LogP contribution < -0.4 is 5.73 Å². The van der Waals surface area contributed by atoms with Gasteiger partial charge in [-0.15, -0.1) is 11.3 Å². The molecule has 0 bridgehead atoms. The second-order valence-electron chi connectivity index (χ2n) is 5.35. The van der Waals surface area contributed by atoms with Crippen molar-refractivity contribution in [3.05, 3.63) is 16.6 Å². The number of rotatable bonds is 5. The van der Waals surface area contributed by atoms with Crippen LogP contribution in [-0.2, 0) is 0 Å². The molecule has 0 radical (unpaired) electrons. The number of thiazole rings is 1. The Morgan fingerprint density at radius 3 is 2.72 bits per heavy atom. The van der Waals surface area contributed by atoms with Gasteiger partial charge in [0.15, 0.2) is 0 Å². The molecule has 0 aliphatic heterocycles. The Kier molecular flexibility index (Phi) is 5.15. The molecule has 2 N–H and O–H groups in total. The number of hydrogen-bond donors (Lipinski definition) is 1. The van der Waals surface area contributed by atoms with Gasteiger partial charge < -0.3 is 5.73 Å². The van der Waals surface area contributed by atoms with Crippen molar-refractivity contribution in [3.8, 4) is 0 Å². The summed E-state index contributed by atoms with van der Waals surface area (Å²) in [5, 5.41) is 3.32. The number of aromatic nitrogens is 1. The van der Waals surface area contributed by atoms with Crippen LogP contribution in [-0.4, -0.2) is 28.5 Å². The molecule has 0 saturated heterocycles. The first-order chi connectivity index (χ1) is 8.72. The van der Waals surface area contributed by atoms with Crippen LogP contribution in [0, 0.1) is 0 Å². The van der Waals surface area contributed by atoms with E-state index in [1.54, 1.807) is 11.3 Å². The molecular weight excluding hydrogens is 242 g/mol. The zero-order valence-electron chi connectivity index (χ0n) is 11.5. The standard InChI is InChI=1S/C14H25N3S/c1-3-9-17(11(2)14-16-8-10-18-14)13-6-4-12(15)5-7-13/h8,10-13H,3-7,9,15H2,1-2H3. The monoisotopic (exact) mass is 267 g/mol. The van der Waals surface area contributed by atoms with Gasteiger partial charge in [-0.1, -0.05) is 6.92 Å². The molecule has 1 aliphatic rings. The molecule has 18 heavy (non-hydrogen) atoms. The van der Waals surface area contributed by atoms with E-state index >= 15 is 0 Å². The van der Waals surface area contributed by atoms with E-state index in [2.05, 4.69) is 29.1 Å². The Labute approximate surface area is 114 Å². The van der Waals surface area contributed by atoms with Crippen molar-refractivity contribution in [1.29, 1.82) is 0 Å². The summed E-state index contributed by atoms with van der Waals surface area (Å²) < 4.78 is 0. The van der Waals surface area contributed by atoms with Crippen molar-refractivity contribution >= 4 is 11.3 Å². The van der Waals surface area contributed by atoms with Crippen LogP contribution in [0.25, 0.3) is 0 Å². The van der Waals surface area contributed by atoms with Crippen molar-refractivity contribution < 1.29 is 0 Å². The molecule has 1 aliphatic carbocycles. The molecule has 0 aromatic carbocycles. The van der Waals surface area contributed by atoms with E-state index in [9.17, 15) is 0 Å². The summed E-state index contributed by atoms with van der Waals surface area (Å²) in [4.78, 5) is 7.12. The lowest BCUT2D eigenvalue weighted by Crippen LogP contribution is -2.42. The molecule has 102 valence electrons. The summed E-state index contributed by atoms with van der Waals surface area (Å²) in [5.74, 6) is 0. The maximum absolute atomic E-state index is 6.01. The zero-order chi connectivity index (χ0) is 13.0. The quantitative estimate of drug-likeness (QED) is 0.891. The smallest absolute Gasteiger partial charge is 0.109 e. The van der Waals surface area contributed by atoms with E-state index in [-0.39, 0.29) is 0 Å². The zero-order valence-corrected chi connectivity index (χ0v) is 12.3. The Morgan fingerprint density at radius 1 is 1.44 bits per heavy atom. The highest BCUT2D eigenvalue weighted by Crippen LogP contribution is 2.30. The molecule has 1 aromatic rings. The van der Waals surface area contributed by atoms with Gasteiger partial charge in [0.1, 0.15) is 5.01 Å². The van der Waals surface area contributed by atoms with Crippen molar-refractivity contribution in [2.75, 3.05) is 6.54 Å². The summed E-state index contributed by atoms with van der Waals surface area (Å²) in [7, 11) is 0. The fourth-order valence-corrected chi connectivity index (χ4v) is 3.68. The molecule has 1 heterocycles. The Balaban J connectivity index is 2.03. The van der Waals surface area contributed by atoms with E-state index in [0.29, 0.717) is 18.1 Å². The van der Waals surface area contributed by atoms with Crippen LogP contribution >= 0.6 is 11.3 Å². The fraction of sp³-hybridized carbons (Fsp3) is 0.786. The Hall–Kier alpha value is -0.450. The second-order valence-corrected chi connectivity index (χ2v) is 6.28. The van der Waals surface area contributed by atoms with Crippen LogP contribution in [0.3, 0.4) is 0 Å². The van der Waals surface area contributed by atoms with E-state index < -0.39 is 0 Å². The van der Waals surface area contributed by atoms with Gasteiger partial charge in [0.25, 0.3) is 0 Å². The number of hydrogen-bond acceptors (Lipinski definition) is 4. The van der Waals surface area contributed by atoms with Crippen molar-refractivity contribution in [3.63, 3.8) is 0 Å². The van der Waals surface area contributed by atoms with E-state index in [0.717, 1.165) is 0 Å². The molecule has 1 fully saturated rings. The fourth-order valence-electron chi connectivity index (χ4n) is 2.97. The minimum absolute atomic E-state index is 0.430. The summed E-state index contributed by atoms with van der Waals surface area (Å²) in [6.45, 7) is 5.72. The summed E-state index contributed by atoms with van der Waals surface area (Å²) in [6.07, 6.45) is 7.97. The normalized spacial score (nSPS) is 26.4. The maximum atomic E-state index is 6.01. The molecule has 1 saturated carbocycles. The first-order valence-electron chi connectivity index (χ1n) is 7.13. The van der Waals surface area contributed by atoms with Gasteiger partial charge in [0.05, 0.1) is 6.04 Å². The van der Waals surface area contributed by atoms with Gasteiger partial charge in [-0.05, 0) is 45.6 Å². The minimum atomic E-state index is 0.430. The summed E-state index contributed by atoms with van der Waals surface area (Å²) in [5.41, 5.74) is 6.01. The lowest BCUT2D eigenvalue weighted by Gasteiger charge is -2.39. The van der Waals surface area contributed by atoms with Crippen LogP contribution in [0.5, 0.6) is 0 Å². The van der Waals surface area contributed by atoms with Gasteiger partial charge in [0, 0.05) is 23.7 Å². The third kappa shape index (κ3) is 3.31. The molecule has 4 heteroatoms. The van der Waals surface area contributed by atoms with Gasteiger partial charge in [-0.3, -0.25) is 4.90 Å². The minimum Gasteiger partial charge on any atom is -0.328 e. The van der Waals surface area contributed by atoms with Crippen LogP contribution in [0.15, 0.2) is 11.6 Å². The largest absolute Gasteiger partial charge is 0.328 e. The highest BCUT2D eigenvalue weighted by molar-refractivity contribution is 7.09. The van der Waals surface area contributed by atoms with Crippen molar-refractivity contribution in [2.24, 2.45) is 5.73 Å². The average Bonchev–Trinajstić information content (AvgIpc) is 2.90. The first-order valence-corrected chi connectivity index (χ1v) is 8.01. The molecule has 0 spiro atoms. The average molecular weight is 267 g/mol. The number of nitrogens with two attached hydrogens (primary N) is 1. The SMILES string of the molecule is CCCN(C1CCC(N)CC1)C(C)c1nccs1. The molecule has 1 atom stereocenters. The van der Waals surface area contributed by atoms with Crippen LogP contribution in [0.1, 0.15) is 57.0 Å². The molecule has 3 nitrogen and oxygen atoms in total. The van der Waals surface area contributed by atoms with Gasteiger partial charge in [-0.25, -0.2) is 4.98 Å². The van der Waals surface area contributed by atoms with Crippen LogP contribution in [0.2, 0.25) is 0 Å². The third-order valence-electron chi connectivity index (χ3n) is 4.00. The lowest BCUT2D eigenvalue weighted by molar-refractivity contribution is 0.107. The van der Waals surface area contributed by atoms with Crippen molar-refractivity contribution in [2.45, 2.75) is 64.1 Å². The molecular formula is C14H25N3S. The van der Waals surface area contributed by atoms with Gasteiger partial charge in [-0.2, -0.15) is 0 Å². The highest BCUT2D eigenvalue weighted by atomic mass is 32.1. The lowest BCUT2D eigenvalue weighted by atomic mass is 9.90. The van der Waals surface area contributed by atoms with Gasteiger partial charge in [0.2, 0.25) is 0 Å². The Morgan fingerprint density at radius 2 is 2.17 bits per heavy atom. The molecule has 0 amide bonds. The first kappa shape index (κ1) is 14.0. The predicted molar refractivity (Wildman–Crippen MR) is 77.8 cm³/mol. The van der Waals surface area contributed by atoms with E-state index in [1.807, 2.05) is 6.20 Å². The summed E-state index contributed by atoms with van der Waals surface area (Å²) >= 11 is 1.77. The summed E-state index contributed by atoms with van der Waals surface area (Å²) in [6, 6.07) is 1.58. The van der Waals surface area contributed by atoms with Gasteiger partial charge >= 0.3 is 0 Å². The molecule has 2 rings (SSSR count). The molecule has 1 unspecified atom stereocenters. The number of nitrogens with zero attached hydrogens (tertiary/aromatic N) is 2. The highest BCUT2D eigenvalue weighted by Gasteiger charge is 2.28. The predicted octanol–water partition coefficient (Wildman–Crippen LogP) is 3.19. The van der Waals surface area contributed by atoms with Crippen LogP contribution in [0.4, 0.5) is 0 Å². The van der Waals surface area contributed by atoms with Crippen molar-refractivity contribution in [1.82, 2.24) is 9.88 Å². The maximum Gasteiger partial charge on any atom is 0.109 e. The van der Waals surface area contributed by atoms with E-state index in [1.165, 1.54) is 43.7 Å². The molecule has 1 aromatic heterocycles. The van der Waals surface area contributed by atoms with E-state index in [4.69, 9.17) is 5.73 Å². The Bertz CT molecular complexity index is 331. The third-order valence-corrected chi connectivity index (χ3v) is 4.94. The second kappa shape index (κ2) is 6.64. The topological polar surface area (TPSA) is 42.1 Å².